The van der Waals surface area contributed by atoms with Crippen LogP contribution < -0.4 is 5.73 Å². The third kappa shape index (κ3) is 4.47. The number of rotatable bonds is 7. The highest BCUT2D eigenvalue weighted by Crippen LogP contribution is 2.26. The fraction of sp³-hybridized carbons (Fsp3) is 0.500. The van der Waals surface area contributed by atoms with E-state index in [1.54, 1.807) is 0 Å². The summed E-state index contributed by atoms with van der Waals surface area (Å²) in [6.07, 6.45) is 5.32. The Bertz CT molecular complexity index is 306. The predicted octanol–water partition coefficient (Wildman–Crippen LogP) is 3.68. The molecule has 0 radical (unpaired) electrons. The molecule has 1 unspecified atom stereocenters. The molecular formula is C14H22N2. The molecule has 0 spiro atoms. The highest BCUT2D eigenvalue weighted by Gasteiger charge is 2.09. The van der Waals surface area contributed by atoms with Gasteiger partial charge in [-0.3, -0.25) is 5.41 Å². The Labute approximate surface area is 98.4 Å². The topological polar surface area (TPSA) is 49.9 Å². The third-order valence-electron chi connectivity index (χ3n) is 2.91. The molecule has 0 aliphatic heterocycles. The van der Waals surface area contributed by atoms with Crippen molar-refractivity contribution in [3.8, 4) is 0 Å². The highest BCUT2D eigenvalue weighted by molar-refractivity contribution is 5.76. The number of amidine groups is 1. The van der Waals surface area contributed by atoms with Gasteiger partial charge in [-0.1, -0.05) is 43.7 Å². The monoisotopic (exact) mass is 218 g/mol. The van der Waals surface area contributed by atoms with Crippen LogP contribution in [-0.4, -0.2) is 5.84 Å². The van der Waals surface area contributed by atoms with Crippen LogP contribution in [0.3, 0.4) is 0 Å². The van der Waals surface area contributed by atoms with Crippen LogP contribution in [0.1, 0.15) is 50.5 Å². The molecule has 1 aromatic carbocycles. The summed E-state index contributed by atoms with van der Waals surface area (Å²) in [4.78, 5) is 0. The molecule has 2 nitrogen and oxygen atoms in total. The first-order valence-electron chi connectivity index (χ1n) is 6.12. The van der Waals surface area contributed by atoms with Crippen LogP contribution in [0.5, 0.6) is 0 Å². The molecule has 0 saturated heterocycles. The fourth-order valence-electron chi connectivity index (χ4n) is 2.09. The van der Waals surface area contributed by atoms with Crippen molar-refractivity contribution in [3.05, 3.63) is 35.9 Å². The quantitative estimate of drug-likeness (QED) is 0.532. The Morgan fingerprint density at radius 1 is 1.25 bits per heavy atom. The summed E-state index contributed by atoms with van der Waals surface area (Å²) >= 11 is 0. The first-order chi connectivity index (χ1) is 7.74. The summed E-state index contributed by atoms with van der Waals surface area (Å²) < 4.78 is 0. The van der Waals surface area contributed by atoms with E-state index in [0.717, 1.165) is 19.3 Å². The van der Waals surface area contributed by atoms with Crippen LogP contribution in [0.25, 0.3) is 0 Å². The van der Waals surface area contributed by atoms with Crippen LogP contribution >= 0.6 is 0 Å². The molecule has 1 atom stereocenters. The zero-order chi connectivity index (χ0) is 11.8. The van der Waals surface area contributed by atoms with Crippen molar-refractivity contribution in [1.29, 1.82) is 5.41 Å². The maximum absolute atomic E-state index is 7.22. The highest BCUT2D eigenvalue weighted by atomic mass is 14.7. The summed E-state index contributed by atoms with van der Waals surface area (Å²) in [6.45, 7) is 2.22. The van der Waals surface area contributed by atoms with Gasteiger partial charge in [0, 0.05) is 6.42 Å². The standard InChI is InChI=1S/C14H22N2/c1-2-7-12(10-6-11-14(15)16)13-8-4-3-5-9-13/h3-5,8-9,12H,2,6-7,10-11H2,1H3,(H3,15,16). The first kappa shape index (κ1) is 12.8. The Morgan fingerprint density at radius 2 is 1.94 bits per heavy atom. The van der Waals surface area contributed by atoms with Crippen molar-refractivity contribution in [2.24, 2.45) is 5.73 Å². The van der Waals surface area contributed by atoms with Crippen molar-refractivity contribution < 1.29 is 0 Å². The number of hydrogen-bond acceptors (Lipinski definition) is 1. The van der Waals surface area contributed by atoms with Crippen LogP contribution in [-0.2, 0) is 0 Å². The van der Waals surface area contributed by atoms with Gasteiger partial charge in [-0.2, -0.15) is 0 Å². The van der Waals surface area contributed by atoms with Crippen molar-refractivity contribution in [1.82, 2.24) is 0 Å². The van der Waals surface area contributed by atoms with Crippen LogP contribution in [0.2, 0.25) is 0 Å². The molecule has 0 heterocycles. The molecule has 0 bridgehead atoms. The largest absolute Gasteiger partial charge is 0.388 e. The number of hydrogen-bond donors (Lipinski definition) is 2. The van der Waals surface area contributed by atoms with Crippen molar-refractivity contribution >= 4 is 5.84 Å². The molecule has 16 heavy (non-hydrogen) atoms. The van der Waals surface area contributed by atoms with Gasteiger partial charge in [0.05, 0.1) is 5.84 Å². The predicted molar refractivity (Wildman–Crippen MR) is 69.9 cm³/mol. The molecule has 0 aliphatic rings. The van der Waals surface area contributed by atoms with Gasteiger partial charge < -0.3 is 5.73 Å². The number of nitrogens with two attached hydrogens (primary N) is 1. The van der Waals surface area contributed by atoms with Gasteiger partial charge >= 0.3 is 0 Å². The van der Waals surface area contributed by atoms with E-state index in [2.05, 4.69) is 37.3 Å². The molecule has 0 saturated carbocycles. The minimum absolute atomic E-state index is 0.309. The van der Waals surface area contributed by atoms with E-state index in [-0.39, 0.29) is 0 Å². The lowest BCUT2D eigenvalue weighted by Gasteiger charge is -2.16. The molecular weight excluding hydrogens is 196 g/mol. The normalized spacial score (nSPS) is 12.3. The van der Waals surface area contributed by atoms with Gasteiger partial charge in [-0.15, -0.1) is 0 Å². The van der Waals surface area contributed by atoms with Gasteiger partial charge in [0.1, 0.15) is 0 Å². The minimum atomic E-state index is 0.309. The number of benzene rings is 1. The molecule has 88 valence electrons. The summed E-state index contributed by atoms with van der Waals surface area (Å²) in [5.74, 6) is 0.939. The van der Waals surface area contributed by atoms with E-state index in [0.29, 0.717) is 11.8 Å². The second-order valence-corrected chi connectivity index (χ2v) is 4.31. The second kappa shape index (κ2) is 7.04. The zero-order valence-corrected chi connectivity index (χ0v) is 10.1. The molecule has 0 aliphatic carbocycles. The van der Waals surface area contributed by atoms with Gasteiger partial charge in [0.2, 0.25) is 0 Å². The maximum Gasteiger partial charge on any atom is 0.0905 e. The maximum atomic E-state index is 7.22. The lowest BCUT2D eigenvalue weighted by Crippen LogP contribution is -2.09. The van der Waals surface area contributed by atoms with Crippen molar-refractivity contribution in [2.45, 2.75) is 44.9 Å². The molecule has 2 heteroatoms. The van der Waals surface area contributed by atoms with Gasteiger partial charge in [0.15, 0.2) is 0 Å². The van der Waals surface area contributed by atoms with E-state index in [1.165, 1.54) is 18.4 Å². The van der Waals surface area contributed by atoms with E-state index in [1.807, 2.05) is 0 Å². The van der Waals surface area contributed by atoms with E-state index in [9.17, 15) is 0 Å². The Hall–Kier alpha value is -1.31. The first-order valence-corrected chi connectivity index (χ1v) is 6.12. The molecule has 0 fully saturated rings. The second-order valence-electron chi connectivity index (χ2n) is 4.31. The molecule has 1 rings (SSSR count). The average molecular weight is 218 g/mol. The summed E-state index contributed by atoms with van der Waals surface area (Å²) in [5.41, 5.74) is 6.80. The van der Waals surface area contributed by atoms with Gasteiger partial charge in [-0.25, -0.2) is 0 Å². The molecule has 1 aromatic rings. The van der Waals surface area contributed by atoms with E-state index >= 15 is 0 Å². The van der Waals surface area contributed by atoms with Crippen LogP contribution in [0.15, 0.2) is 30.3 Å². The molecule has 0 aromatic heterocycles. The number of nitrogens with one attached hydrogen (secondary N) is 1. The zero-order valence-electron chi connectivity index (χ0n) is 10.1. The van der Waals surface area contributed by atoms with Gasteiger partial charge in [-0.05, 0) is 30.7 Å². The average Bonchev–Trinajstić information content (AvgIpc) is 2.29. The lowest BCUT2D eigenvalue weighted by atomic mass is 9.90. The Balaban J connectivity index is 2.51. The molecule has 3 N–H and O–H groups in total. The summed E-state index contributed by atoms with van der Waals surface area (Å²) in [7, 11) is 0. The van der Waals surface area contributed by atoms with Crippen molar-refractivity contribution in [3.63, 3.8) is 0 Å². The van der Waals surface area contributed by atoms with E-state index < -0.39 is 0 Å². The Morgan fingerprint density at radius 3 is 2.50 bits per heavy atom. The van der Waals surface area contributed by atoms with Gasteiger partial charge in [0.25, 0.3) is 0 Å². The summed E-state index contributed by atoms with van der Waals surface area (Å²) in [5, 5.41) is 7.22. The smallest absolute Gasteiger partial charge is 0.0905 e. The lowest BCUT2D eigenvalue weighted by molar-refractivity contribution is 0.552. The minimum Gasteiger partial charge on any atom is -0.388 e. The molecule has 0 amide bonds. The van der Waals surface area contributed by atoms with E-state index in [4.69, 9.17) is 11.1 Å². The van der Waals surface area contributed by atoms with Crippen molar-refractivity contribution in [2.75, 3.05) is 0 Å². The SMILES string of the molecule is CCCC(CCCC(=N)N)c1ccccc1. The van der Waals surface area contributed by atoms with Crippen LogP contribution in [0.4, 0.5) is 0 Å². The van der Waals surface area contributed by atoms with Crippen LogP contribution in [0, 0.1) is 5.41 Å². The fourth-order valence-corrected chi connectivity index (χ4v) is 2.09. The third-order valence-corrected chi connectivity index (χ3v) is 2.91. The Kier molecular flexibility index (Phi) is 5.62. The summed E-state index contributed by atoms with van der Waals surface area (Å²) in [6, 6.07) is 10.7.